The van der Waals surface area contributed by atoms with Crippen LogP contribution in [0.2, 0.25) is 0 Å². The Kier molecular flexibility index (Phi) is 11.1. The van der Waals surface area contributed by atoms with Gasteiger partial charge in [0.1, 0.15) is 6.10 Å². The maximum atomic E-state index is 12.3. The van der Waals surface area contributed by atoms with Crippen LogP contribution >= 0.6 is 24.8 Å². The fourth-order valence-corrected chi connectivity index (χ4v) is 3.23. The van der Waals surface area contributed by atoms with Gasteiger partial charge in [-0.15, -0.1) is 24.8 Å². The van der Waals surface area contributed by atoms with Crippen LogP contribution in [0.25, 0.3) is 0 Å². The minimum atomic E-state index is -0.356. The van der Waals surface area contributed by atoms with Crippen LogP contribution in [0.3, 0.4) is 0 Å². The van der Waals surface area contributed by atoms with Crippen molar-refractivity contribution in [2.45, 2.75) is 12.6 Å². The number of amides is 1. The average Bonchev–Trinajstić information content (AvgIpc) is 2.64. The van der Waals surface area contributed by atoms with E-state index < -0.39 is 0 Å². The standard InChI is InChI=1S/C18H28N4O2.2ClH/c23-18(20-8-11-21-9-6-19-7-10-21)17-15-22(12-13-24-17)14-16-4-2-1-3-5-16;;/h1-5,17,19H,6-15H2,(H,20,23);2*1H. The van der Waals surface area contributed by atoms with E-state index in [9.17, 15) is 4.79 Å². The van der Waals surface area contributed by atoms with Gasteiger partial charge in [-0.25, -0.2) is 0 Å². The summed E-state index contributed by atoms with van der Waals surface area (Å²) >= 11 is 0. The third-order valence-corrected chi connectivity index (χ3v) is 4.63. The molecule has 2 N–H and O–H groups in total. The lowest BCUT2D eigenvalue weighted by Crippen LogP contribution is -2.51. The van der Waals surface area contributed by atoms with Gasteiger partial charge in [0.25, 0.3) is 5.91 Å². The first-order valence-electron chi connectivity index (χ1n) is 8.90. The Morgan fingerprint density at radius 3 is 2.58 bits per heavy atom. The van der Waals surface area contributed by atoms with Gasteiger partial charge in [0.15, 0.2) is 0 Å². The molecule has 1 aromatic carbocycles. The molecule has 2 heterocycles. The number of hydrogen-bond donors (Lipinski definition) is 2. The quantitative estimate of drug-likeness (QED) is 0.732. The normalized spacial score (nSPS) is 21.3. The SMILES string of the molecule is Cl.Cl.O=C(NCCN1CCNCC1)C1CN(Cc2ccccc2)CCO1. The van der Waals surface area contributed by atoms with E-state index in [1.165, 1.54) is 5.56 Å². The lowest BCUT2D eigenvalue weighted by atomic mass is 10.2. The third-order valence-electron chi connectivity index (χ3n) is 4.63. The van der Waals surface area contributed by atoms with Crippen molar-refractivity contribution in [3.63, 3.8) is 0 Å². The fraction of sp³-hybridized carbons (Fsp3) is 0.611. The van der Waals surface area contributed by atoms with Crippen molar-refractivity contribution in [1.29, 1.82) is 0 Å². The van der Waals surface area contributed by atoms with Crippen LogP contribution in [0, 0.1) is 0 Å². The highest BCUT2D eigenvalue weighted by Gasteiger charge is 2.26. The maximum Gasteiger partial charge on any atom is 0.250 e. The Hall–Kier alpha value is -0.890. The minimum absolute atomic E-state index is 0. The van der Waals surface area contributed by atoms with Crippen molar-refractivity contribution >= 4 is 30.7 Å². The molecule has 0 saturated carbocycles. The van der Waals surface area contributed by atoms with Gasteiger partial charge in [-0.2, -0.15) is 0 Å². The summed E-state index contributed by atoms with van der Waals surface area (Å²) in [5.74, 6) is 0.0166. The molecule has 2 fully saturated rings. The van der Waals surface area contributed by atoms with Gasteiger partial charge in [-0.3, -0.25) is 14.6 Å². The molecule has 0 radical (unpaired) electrons. The van der Waals surface area contributed by atoms with Crippen LogP contribution in [-0.4, -0.2) is 80.8 Å². The third kappa shape index (κ3) is 7.39. The van der Waals surface area contributed by atoms with Gasteiger partial charge < -0.3 is 15.4 Å². The number of halogens is 2. The summed E-state index contributed by atoms with van der Waals surface area (Å²) in [5.41, 5.74) is 1.28. The number of carbonyl (C=O) groups excluding carboxylic acids is 1. The van der Waals surface area contributed by atoms with Crippen LogP contribution in [-0.2, 0) is 16.1 Å². The highest BCUT2D eigenvalue weighted by Crippen LogP contribution is 2.10. The molecule has 8 heteroatoms. The Morgan fingerprint density at radius 1 is 1.12 bits per heavy atom. The van der Waals surface area contributed by atoms with E-state index >= 15 is 0 Å². The second-order valence-corrected chi connectivity index (χ2v) is 6.46. The van der Waals surface area contributed by atoms with Crippen molar-refractivity contribution in [2.24, 2.45) is 0 Å². The topological polar surface area (TPSA) is 56.8 Å². The number of benzene rings is 1. The van der Waals surface area contributed by atoms with E-state index in [2.05, 4.69) is 44.7 Å². The van der Waals surface area contributed by atoms with Gasteiger partial charge in [-0.05, 0) is 5.56 Å². The highest BCUT2D eigenvalue weighted by atomic mass is 35.5. The van der Waals surface area contributed by atoms with Gasteiger partial charge in [0.05, 0.1) is 6.61 Å². The lowest BCUT2D eigenvalue weighted by molar-refractivity contribution is -0.138. The van der Waals surface area contributed by atoms with Crippen LogP contribution in [0.5, 0.6) is 0 Å². The largest absolute Gasteiger partial charge is 0.366 e. The summed E-state index contributed by atoms with van der Waals surface area (Å²) < 4.78 is 5.67. The monoisotopic (exact) mass is 404 g/mol. The van der Waals surface area contributed by atoms with E-state index in [0.29, 0.717) is 19.7 Å². The van der Waals surface area contributed by atoms with Crippen molar-refractivity contribution in [3.8, 4) is 0 Å². The first-order chi connectivity index (χ1) is 11.8. The first-order valence-corrected chi connectivity index (χ1v) is 8.90. The summed E-state index contributed by atoms with van der Waals surface area (Å²) in [6.45, 7) is 8.81. The van der Waals surface area contributed by atoms with Gasteiger partial charge >= 0.3 is 0 Å². The molecule has 2 aliphatic rings. The number of nitrogens with zero attached hydrogens (tertiary/aromatic N) is 2. The lowest BCUT2D eigenvalue weighted by Gasteiger charge is -2.32. The van der Waals surface area contributed by atoms with Crippen LogP contribution < -0.4 is 10.6 Å². The molecule has 1 amide bonds. The minimum Gasteiger partial charge on any atom is -0.366 e. The van der Waals surface area contributed by atoms with E-state index in [4.69, 9.17) is 4.74 Å². The summed E-state index contributed by atoms with van der Waals surface area (Å²) in [4.78, 5) is 17.0. The maximum absolute atomic E-state index is 12.3. The number of ether oxygens (including phenoxy) is 1. The molecule has 6 nitrogen and oxygen atoms in total. The molecule has 148 valence electrons. The van der Waals surface area contributed by atoms with E-state index in [-0.39, 0.29) is 36.8 Å². The molecule has 1 unspecified atom stereocenters. The Morgan fingerprint density at radius 2 is 1.85 bits per heavy atom. The predicted molar refractivity (Wildman–Crippen MR) is 108 cm³/mol. The summed E-state index contributed by atoms with van der Waals surface area (Å²) in [7, 11) is 0. The Labute approximate surface area is 168 Å². The number of morpholine rings is 1. The van der Waals surface area contributed by atoms with E-state index in [1.54, 1.807) is 0 Å². The molecule has 0 bridgehead atoms. The smallest absolute Gasteiger partial charge is 0.250 e. The second-order valence-electron chi connectivity index (χ2n) is 6.46. The van der Waals surface area contributed by atoms with Crippen molar-refractivity contribution < 1.29 is 9.53 Å². The summed E-state index contributed by atoms with van der Waals surface area (Å²) in [6.07, 6.45) is -0.356. The number of rotatable bonds is 6. The molecule has 0 aromatic heterocycles. The number of hydrogen-bond acceptors (Lipinski definition) is 5. The molecular weight excluding hydrogens is 375 g/mol. The molecule has 3 rings (SSSR count). The molecule has 1 aromatic rings. The zero-order chi connectivity index (χ0) is 16.6. The molecule has 1 atom stereocenters. The number of piperazine rings is 1. The van der Waals surface area contributed by atoms with Crippen LogP contribution in [0.1, 0.15) is 5.56 Å². The van der Waals surface area contributed by atoms with Gasteiger partial charge in [0.2, 0.25) is 0 Å². The highest BCUT2D eigenvalue weighted by molar-refractivity contribution is 5.85. The summed E-state index contributed by atoms with van der Waals surface area (Å²) in [6, 6.07) is 10.4. The molecular formula is C18H30Cl2N4O2. The zero-order valence-electron chi connectivity index (χ0n) is 15.1. The first kappa shape index (κ1) is 23.1. The van der Waals surface area contributed by atoms with Crippen molar-refractivity contribution in [3.05, 3.63) is 35.9 Å². The zero-order valence-corrected chi connectivity index (χ0v) is 16.7. The van der Waals surface area contributed by atoms with Crippen LogP contribution in [0.4, 0.5) is 0 Å². The van der Waals surface area contributed by atoms with Gasteiger partial charge in [-0.1, -0.05) is 30.3 Å². The molecule has 0 aliphatic carbocycles. The summed E-state index contributed by atoms with van der Waals surface area (Å²) in [5, 5.41) is 6.37. The van der Waals surface area contributed by atoms with E-state index in [1.807, 2.05) is 6.07 Å². The van der Waals surface area contributed by atoms with Crippen molar-refractivity contribution in [1.82, 2.24) is 20.4 Å². The molecule has 2 aliphatic heterocycles. The number of carbonyl (C=O) groups is 1. The van der Waals surface area contributed by atoms with E-state index in [0.717, 1.165) is 45.8 Å². The molecule has 2 saturated heterocycles. The Balaban J connectivity index is 0.00000169. The number of nitrogens with one attached hydrogen (secondary N) is 2. The second kappa shape index (κ2) is 12.5. The molecule has 26 heavy (non-hydrogen) atoms. The molecule has 0 spiro atoms. The predicted octanol–water partition coefficient (Wildman–Crippen LogP) is 0.752. The Bertz CT molecular complexity index is 515. The van der Waals surface area contributed by atoms with Gasteiger partial charge in [0, 0.05) is 58.9 Å². The average molecular weight is 405 g/mol. The van der Waals surface area contributed by atoms with Crippen LogP contribution in [0.15, 0.2) is 30.3 Å². The van der Waals surface area contributed by atoms with Crippen molar-refractivity contribution in [2.75, 3.05) is 59.0 Å². The fourth-order valence-electron chi connectivity index (χ4n) is 3.23.